The first-order chi connectivity index (χ1) is 12.8. The van der Waals surface area contributed by atoms with Crippen LogP contribution in [0.4, 0.5) is 17.1 Å². The summed E-state index contributed by atoms with van der Waals surface area (Å²) in [6.45, 7) is 0.923. The van der Waals surface area contributed by atoms with Gasteiger partial charge in [-0.3, -0.25) is 24.5 Å². The number of nitro benzene ring substituents is 1. The summed E-state index contributed by atoms with van der Waals surface area (Å²) >= 11 is 0. The molecular formula is C18H17N3O6. The van der Waals surface area contributed by atoms with E-state index in [9.17, 15) is 24.5 Å². The van der Waals surface area contributed by atoms with E-state index in [0.717, 1.165) is 0 Å². The van der Waals surface area contributed by atoms with E-state index in [4.69, 9.17) is 4.74 Å². The molecule has 0 spiro atoms. The van der Waals surface area contributed by atoms with Gasteiger partial charge in [0.15, 0.2) is 6.61 Å². The number of amides is 2. The zero-order chi connectivity index (χ0) is 19.8. The number of benzene rings is 2. The molecule has 9 nitrogen and oxygen atoms in total. The Bertz CT molecular complexity index is 846. The van der Waals surface area contributed by atoms with Crippen molar-refractivity contribution >= 4 is 34.8 Å². The van der Waals surface area contributed by atoms with E-state index >= 15 is 0 Å². The molecule has 2 aromatic carbocycles. The van der Waals surface area contributed by atoms with Crippen molar-refractivity contribution in [2.24, 2.45) is 0 Å². The van der Waals surface area contributed by atoms with Gasteiger partial charge in [0, 0.05) is 30.4 Å². The number of nitrogens with zero attached hydrogens (tertiary/aromatic N) is 1. The number of hydrogen-bond donors (Lipinski definition) is 2. The van der Waals surface area contributed by atoms with E-state index in [-0.39, 0.29) is 18.0 Å². The SMILES string of the molecule is CC(=O)Nc1ccc(CC(=O)OCC(=O)Nc2ccc([N+](=O)[O-])cc2)cc1. The van der Waals surface area contributed by atoms with E-state index < -0.39 is 23.4 Å². The minimum atomic E-state index is -0.582. The third-order valence-corrected chi connectivity index (χ3v) is 3.35. The lowest BCUT2D eigenvalue weighted by Crippen LogP contribution is -2.21. The van der Waals surface area contributed by atoms with Crippen LogP contribution in [0.2, 0.25) is 0 Å². The molecule has 0 bridgehead atoms. The summed E-state index contributed by atoms with van der Waals surface area (Å²) in [7, 11) is 0. The number of carbonyl (C=O) groups excluding carboxylic acids is 3. The van der Waals surface area contributed by atoms with Crippen molar-refractivity contribution in [3.63, 3.8) is 0 Å². The van der Waals surface area contributed by atoms with Gasteiger partial charge < -0.3 is 15.4 Å². The third kappa shape index (κ3) is 6.58. The smallest absolute Gasteiger partial charge is 0.310 e. The van der Waals surface area contributed by atoms with Gasteiger partial charge in [0.05, 0.1) is 11.3 Å². The Morgan fingerprint density at radius 3 is 2.07 bits per heavy atom. The second-order valence-electron chi connectivity index (χ2n) is 5.57. The molecule has 2 amide bonds. The third-order valence-electron chi connectivity index (χ3n) is 3.35. The molecule has 9 heteroatoms. The first-order valence-electron chi connectivity index (χ1n) is 7.90. The average Bonchev–Trinajstić information content (AvgIpc) is 2.62. The van der Waals surface area contributed by atoms with Crippen LogP contribution in [0, 0.1) is 10.1 Å². The molecular weight excluding hydrogens is 354 g/mol. The van der Waals surface area contributed by atoms with Crippen LogP contribution >= 0.6 is 0 Å². The van der Waals surface area contributed by atoms with Gasteiger partial charge in [-0.1, -0.05) is 12.1 Å². The fraction of sp³-hybridized carbons (Fsp3) is 0.167. The molecule has 2 N–H and O–H groups in total. The minimum Gasteiger partial charge on any atom is -0.455 e. The summed E-state index contributed by atoms with van der Waals surface area (Å²) in [6, 6.07) is 11.9. The Kier molecular flexibility index (Phi) is 6.59. The van der Waals surface area contributed by atoms with Crippen LogP contribution in [-0.4, -0.2) is 29.3 Å². The molecule has 140 valence electrons. The van der Waals surface area contributed by atoms with Gasteiger partial charge in [-0.15, -0.1) is 0 Å². The van der Waals surface area contributed by atoms with Gasteiger partial charge in [-0.2, -0.15) is 0 Å². The monoisotopic (exact) mass is 371 g/mol. The lowest BCUT2D eigenvalue weighted by molar-refractivity contribution is -0.384. The number of nitro groups is 1. The number of non-ortho nitro benzene ring substituents is 1. The summed E-state index contributed by atoms with van der Waals surface area (Å²) < 4.78 is 4.91. The quantitative estimate of drug-likeness (QED) is 0.437. The highest BCUT2D eigenvalue weighted by molar-refractivity contribution is 5.93. The van der Waals surface area contributed by atoms with E-state index in [1.165, 1.54) is 31.2 Å². The van der Waals surface area contributed by atoms with Gasteiger partial charge in [-0.05, 0) is 29.8 Å². The number of ether oxygens (including phenoxy) is 1. The number of rotatable bonds is 7. The van der Waals surface area contributed by atoms with Crippen LogP contribution in [0.15, 0.2) is 48.5 Å². The largest absolute Gasteiger partial charge is 0.455 e. The highest BCUT2D eigenvalue weighted by Gasteiger charge is 2.10. The molecule has 0 saturated heterocycles. The van der Waals surface area contributed by atoms with Crippen LogP contribution in [0.3, 0.4) is 0 Å². The standard InChI is InChI=1S/C18H17N3O6/c1-12(22)19-14-4-2-13(3-5-14)10-18(24)27-11-17(23)20-15-6-8-16(9-7-15)21(25)26/h2-9H,10-11H2,1H3,(H,19,22)(H,20,23). The van der Waals surface area contributed by atoms with Crippen LogP contribution in [0.5, 0.6) is 0 Å². The zero-order valence-electron chi connectivity index (χ0n) is 14.4. The molecule has 0 atom stereocenters. The maximum atomic E-state index is 11.8. The molecule has 0 aliphatic heterocycles. The molecule has 0 saturated carbocycles. The topological polar surface area (TPSA) is 128 Å². The molecule has 0 unspecified atom stereocenters. The van der Waals surface area contributed by atoms with Crippen LogP contribution in [0.25, 0.3) is 0 Å². The maximum Gasteiger partial charge on any atom is 0.310 e. The van der Waals surface area contributed by atoms with Crippen molar-refractivity contribution in [2.45, 2.75) is 13.3 Å². The summed E-state index contributed by atoms with van der Waals surface area (Å²) in [5, 5.41) is 15.7. The fourth-order valence-corrected chi connectivity index (χ4v) is 2.14. The van der Waals surface area contributed by atoms with Gasteiger partial charge in [0.1, 0.15) is 0 Å². The van der Waals surface area contributed by atoms with Crippen molar-refractivity contribution in [1.82, 2.24) is 0 Å². The van der Waals surface area contributed by atoms with Crippen LogP contribution in [0.1, 0.15) is 12.5 Å². The average molecular weight is 371 g/mol. The normalized spacial score (nSPS) is 9.96. The Morgan fingerprint density at radius 1 is 0.963 bits per heavy atom. The number of esters is 1. The zero-order valence-corrected chi connectivity index (χ0v) is 14.4. The molecule has 0 fully saturated rings. The van der Waals surface area contributed by atoms with Gasteiger partial charge in [-0.25, -0.2) is 0 Å². The molecule has 0 heterocycles. The Labute approximate surface area is 154 Å². The van der Waals surface area contributed by atoms with E-state index in [2.05, 4.69) is 10.6 Å². The number of carbonyl (C=O) groups is 3. The second-order valence-corrected chi connectivity index (χ2v) is 5.57. The maximum absolute atomic E-state index is 11.8. The lowest BCUT2D eigenvalue weighted by atomic mass is 10.1. The van der Waals surface area contributed by atoms with E-state index in [1.807, 2.05) is 0 Å². The van der Waals surface area contributed by atoms with Gasteiger partial charge in [0.2, 0.25) is 5.91 Å². The van der Waals surface area contributed by atoms with Gasteiger partial charge in [0.25, 0.3) is 11.6 Å². The number of hydrogen-bond acceptors (Lipinski definition) is 6. The summed E-state index contributed by atoms with van der Waals surface area (Å²) in [4.78, 5) is 44.6. The van der Waals surface area contributed by atoms with Crippen molar-refractivity contribution in [1.29, 1.82) is 0 Å². The van der Waals surface area contributed by atoms with Crippen LogP contribution < -0.4 is 10.6 Å². The first kappa shape index (κ1) is 19.6. The molecule has 27 heavy (non-hydrogen) atoms. The minimum absolute atomic E-state index is 0.0227. The molecule has 0 radical (unpaired) electrons. The summed E-state index contributed by atoms with van der Waals surface area (Å²) in [5.74, 6) is -1.33. The van der Waals surface area contributed by atoms with Gasteiger partial charge >= 0.3 is 5.97 Å². The molecule has 2 rings (SSSR count). The highest BCUT2D eigenvalue weighted by atomic mass is 16.6. The summed E-state index contributed by atoms with van der Waals surface area (Å²) in [5.41, 5.74) is 1.55. The van der Waals surface area contributed by atoms with Crippen LogP contribution in [-0.2, 0) is 25.5 Å². The Hall–Kier alpha value is -3.75. The Morgan fingerprint density at radius 2 is 1.52 bits per heavy atom. The van der Waals surface area contributed by atoms with Crippen molar-refractivity contribution in [2.75, 3.05) is 17.2 Å². The van der Waals surface area contributed by atoms with Crippen molar-refractivity contribution in [3.8, 4) is 0 Å². The second kappa shape index (κ2) is 9.09. The van der Waals surface area contributed by atoms with E-state index in [0.29, 0.717) is 16.9 Å². The lowest BCUT2D eigenvalue weighted by Gasteiger charge is -2.07. The molecule has 0 aromatic heterocycles. The fourth-order valence-electron chi connectivity index (χ4n) is 2.14. The van der Waals surface area contributed by atoms with Crippen molar-refractivity contribution in [3.05, 3.63) is 64.2 Å². The molecule has 0 aliphatic rings. The summed E-state index contributed by atoms with van der Waals surface area (Å²) in [6.07, 6.45) is -0.0227. The predicted octanol–water partition coefficient (Wildman–Crippen LogP) is 2.28. The van der Waals surface area contributed by atoms with E-state index in [1.54, 1.807) is 24.3 Å². The number of nitrogens with one attached hydrogen (secondary N) is 2. The van der Waals surface area contributed by atoms with Crippen molar-refractivity contribution < 1.29 is 24.0 Å². The molecule has 2 aromatic rings. The first-order valence-corrected chi connectivity index (χ1v) is 7.90. The number of anilines is 2. The molecule has 0 aliphatic carbocycles. The Balaban J connectivity index is 1.78. The predicted molar refractivity (Wildman–Crippen MR) is 97.1 cm³/mol. The highest BCUT2D eigenvalue weighted by Crippen LogP contribution is 2.15.